The number of benzene rings is 3. The minimum Gasteiger partial charge on any atom is -0.489 e. The largest absolute Gasteiger partial charge is 0.489 e. The molecule has 0 fully saturated rings. The number of hydrogen-bond acceptors (Lipinski definition) is 3. The first-order valence-corrected chi connectivity index (χ1v) is 9.58. The van der Waals surface area contributed by atoms with Crippen LogP contribution in [0.4, 0.5) is 5.69 Å². The molecule has 1 unspecified atom stereocenters. The van der Waals surface area contributed by atoms with Gasteiger partial charge < -0.3 is 15.0 Å². The zero-order valence-corrected chi connectivity index (χ0v) is 16.1. The van der Waals surface area contributed by atoms with E-state index in [9.17, 15) is 4.79 Å². The van der Waals surface area contributed by atoms with E-state index >= 15 is 0 Å². The molecule has 0 aromatic heterocycles. The lowest BCUT2D eigenvalue weighted by Gasteiger charge is -2.40. The van der Waals surface area contributed by atoms with Crippen LogP contribution in [0.25, 0.3) is 0 Å². The maximum Gasteiger partial charge on any atom is 0.258 e. The Hall–Kier alpha value is -3.27. The highest BCUT2D eigenvalue weighted by Gasteiger charge is 2.34. The molecule has 0 radical (unpaired) electrons. The number of carbonyl (C=O) groups is 1. The summed E-state index contributed by atoms with van der Waals surface area (Å²) in [4.78, 5) is 14.9. The second-order valence-electron chi connectivity index (χ2n) is 7.24. The van der Waals surface area contributed by atoms with Gasteiger partial charge in [-0.05, 0) is 49.2 Å². The first-order valence-electron chi connectivity index (χ1n) is 9.58. The third kappa shape index (κ3) is 3.58. The quantitative estimate of drug-likeness (QED) is 0.666. The molecule has 1 aliphatic heterocycles. The van der Waals surface area contributed by atoms with Crippen molar-refractivity contribution in [3.8, 4) is 5.75 Å². The van der Waals surface area contributed by atoms with Crippen molar-refractivity contribution in [2.45, 2.75) is 32.7 Å². The lowest BCUT2D eigenvalue weighted by molar-refractivity contribution is 0.0617. The molecule has 1 amide bonds. The normalized spacial score (nSPS) is 15.9. The summed E-state index contributed by atoms with van der Waals surface area (Å²) in [5, 5.41) is 3.52. The van der Waals surface area contributed by atoms with E-state index in [1.54, 1.807) is 0 Å². The van der Waals surface area contributed by atoms with Gasteiger partial charge in [0.05, 0.1) is 5.56 Å². The van der Waals surface area contributed by atoms with E-state index < -0.39 is 0 Å². The van der Waals surface area contributed by atoms with Gasteiger partial charge in [-0.2, -0.15) is 0 Å². The third-order valence-corrected chi connectivity index (χ3v) is 4.96. The fourth-order valence-electron chi connectivity index (χ4n) is 3.53. The highest BCUT2D eigenvalue weighted by molar-refractivity contribution is 6.01. The van der Waals surface area contributed by atoms with E-state index in [2.05, 4.69) is 5.32 Å². The molecular weight excluding hydrogens is 348 g/mol. The lowest BCUT2D eigenvalue weighted by Crippen LogP contribution is -2.46. The predicted octanol–water partition coefficient (Wildman–Crippen LogP) is 5.24. The number of hydrogen-bond donors (Lipinski definition) is 1. The van der Waals surface area contributed by atoms with E-state index in [1.807, 2.05) is 97.6 Å². The Kier molecular flexibility index (Phi) is 5.02. The fourth-order valence-corrected chi connectivity index (χ4v) is 3.53. The van der Waals surface area contributed by atoms with Gasteiger partial charge in [-0.3, -0.25) is 4.79 Å². The van der Waals surface area contributed by atoms with Gasteiger partial charge in [-0.15, -0.1) is 0 Å². The van der Waals surface area contributed by atoms with Gasteiger partial charge in [0.1, 0.15) is 18.5 Å². The number of ether oxygens (including phenoxy) is 1. The predicted molar refractivity (Wildman–Crippen MR) is 111 cm³/mol. The summed E-state index contributed by atoms with van der Waals surface area (Å²) < 4.78 is 5.89. The molecule has 1 heterocycles. The molecule has 3 aromatic carbocycles. The van der Waals surface area contributed by atoms with Crippen LogP contribution in [0.5, 0.6) is 5.75 Å². The SMILES string of the molecule is CC(C)N1C(=O)c2ccccc2NC1c1ccc(OCc2ccccc2)cc1. The number of amides is 1. The molecule has 0 aliphatic carbocycles. The first kappa shape index (κ1) is 18.1. The Labute approximate surface area is 165 Å². The van der Waals surface area contributed by atoms with Crippen LogP contribution in [0.3, 0.4) is 0 Å². The topological polar surface area (TPSA) is 41.6 Å². The van der Waals surface area contributed by atoms with E-state index in [1.165, 1.54) is 0 Å². The molecule has 4 nitrogen and oxygen atoms in total. The van der Waals surface area contributed by atoms with Gasteiger partial charge >= 0.3 is 0 Å². The lowest BCUT2D eigenvalue weighted by atomic mass is 10.0. The summed E-state index contributed by atoms with van der Waals surface area (Å²) in [7, 11) is 0. The molecule has 4 rings (SSSR count). The standard InChI is InChI=1S/C24H24N2O2/c1-17(2)26-23(25-22-11-7-6-10-21(22)24(26)27)19-12-14-20(15-13-19)28-16-18-8-4-3-5-9-18/h3-15,17,23,25H,16H2,1-2H3. The van der Waals surface area contributed by atoms with Crippen LogP contribution in [0.2, 0.25) is 0 Å². The third-order valence-electron chi connectivity index (χ3n) is 4.96. The van der Waals surface area contributed by atoms with Crippen LogP contribution in [-0.2, 0) is 6.61 Å². The van der Waals surface area contributed by atoms with Gasteiger partial charge in [0.25, 0.3) is 5.91 Å². The highest BCUT2D eigenvalue weighted by atomic mass is 16.5. The Morgan fingerprint density at radius 1 is 0.929 bits per heavy atom. The van der Waals surface area contributed by atoms with Gasteiger partial charge in [-0.1, -0.05) is 54.6 Å². The number of rotatable bonds is 5. The molecule has 0 saturated carbocycles. The van der Waals surface area contributed by atoms with Gasteiger partial charge in [0.2, 0.25) is 0 Å². The van der Waals surface area contributed by atoms with Crippen LogP contribution in [0.1, 0.15) is 41.5 Å². The van der Waals surface area contributed by atoms with Crippen molar-refractivity contribution in [1.29, 1.82) is 0 Å². The number of fused-ring (bicyclic) bond motifs is 1. The smallest absolute Gasteiger partial charge is 0.258 e. The monoisotopic (exact) mass is 372 g/mol. The van der Waals surface area contributed by atoms with Crippen molar-refractivity contribution in [2.75, 3.05) is 5.32 Å². The molecule has 1 N–H and O–H groups in total. The summed E-state index contributed by atoms with van der Waals surface area (Å²) in [6, 6.07) is 25.8. The van der Waals surface area contributed by atoms with Crippen molar-refractivity contribution in [3.63, 3.8) is 0 Å². The Morgan fingerprint density at radius 3 is 2.32 bits per heavy atom. The maximum absolute atomic E-state index is 13.0. The highest BCUT2D eigenvalue weighted by Crippen LogP contribution is 2.34. The molecule has 0 spiro atoms. The summed E-state index contributed by atoms with van der Waals surface area (Å²) in [6.45, 7) is 4.61. The van der Waals surface area contributed by atoms with E-state index in [-0.39, 0.29) is 18.1 Å². The number of para-hydroxylation sites is 1. The first-order chi connectivity index (χ1) is 13.6. The van der Waals surface area contributed by atoms with Crippen molar-refractivity contribution in [2.24, 2.45) is 0 Å². The van der Waals surface area contributed by atoms with Gasteiger partial charge in [0, 0.05) is 11.7 Å². The van der Waals surface area contributed by atoms with Crippen LogP contribution in [0, 0.1) is 0 Å². The Balaban J connectivity index is 1.55. The molecular formula is C24H24N2O2. The molecule has 3 aromatic rings. The van der Waals surface area contributed by atoms with Gasteiger partial charge in [0.15, 0.2) is 0 Å². The fraction of sp³-hybridized carbons (Fsp3) is 0.208. The van der Waals surface area contributed by atoms with Crippen LogP contribution < -0.4 is 10.1 Å². The van der Waals surface area contributed by atoms with Crippen molar-refractivity contribution >= 4 is 11.6 Å². The minimum absolute atomic E-state index is 0.0544. The van der Waals surface area contributed by atoms with Crippen LogP contribution in [0.15, 0.2) is 78.9 Å². The van der Waals surface area contributed by atoms with E-state index in [0.29, 0.717) is 6.61 Å². The molecule has 0 bridgehead atoms. The number of carbonyl (C=O) groups excluding carboxylic acids is 1. The minimum atomic E-state index is -0.203. The van der Waals surface area contributed by atoms with Crippen molar-refractivity contribution < 1.29 is 9.53 Å². The molecule has 142 valence electrons. The molecule has 1 aliphatic rings. The van der Waals surface area contributed by atoms with Crippen LogP contribution >= 0.6 is 0 Å². The summed E-state index contributed by atoms with van der Waals surface area (Å²) in [6.07, 6.45) is -0.203. The second kappa shape index (κ2) is 7.77. The zero-order chi connectivity index (χ0) is 19.5. The van der Waals surface area contributed by atoms with E-state index in [0.717, 1.165) is 28.1 Å². The maximum atomic E-state index is 13.0. The van der Waals surface area contributed by atoms with E-state index in [4.69, 9.17) is 4.74 Å². The summed E-state index contributed by atoms with van der Waals surface area (Å²) in [5.74, 6) is 0.866. The molecule has 1 atom stereocenters. The molecule has 0 saturated heterocycles. The van der Waals surface area contributed by atoms with Crippen molar-refractivity contribution in [3.05, 3.63) is 95.6 Å². The Bertz CT molecular complexity index is 952. The molecule has 28 heavy (non-hydrogen) atoms. The van der Waals surface area contributed by atoms with Gasteiger partial charge in [-0.25, -0.2) is 0 Å². The molecule has 4 heteroatoms. The number of nitrogens with one attached hydrogen (secondary N) is 1. The second-order valence-corrected chi connectivity index (χ2v) is 7.24. The number of nitrogens with zero attached hydrogens (tertiary/aromatic N) is 1. The summed E-state index contributed by atoms with van der Waals surface area (Å²) in [5.41, 5.74) is 3.76. The zero-order valence-electron chi connectivity index (χ0n) is 16.1. The average Bonchev–Trinajstić information content (AvgIpc) is 2.73. The average molecular weight is 372 g/mol. The number of anilines is 1. The Morgan fingerprint density at radius 2 is 1.61 bits per heavy atom. The van der Waals surface area contributed by atoms with Crippen LogP contribution in [-0.4, -0.2) is 16.8 Å². The summed E-state index contributed by atoms with van der Waals surface area (Å²) >= 11 is 0. The van der Waals surface area contributed by atoms with Crippen molar-refractivity contribution in [1.82, 2.24) is 4.90 Å².